The van der Waals surface area contributed by atoms with Crippen LogP contribution in [0.25, 0.3) is 71.3 Å². The summed E-state index contributed by atoms with van der Waals surface area (Å²) in [6.07, 6.45) is 1.85. The van der Waals surface area contributed by atoms with Gasteiger partial charge in [-0.15, -0.1) is 0 Å². The molecular weight excluding hydrogens is 530 g/mol. The predicted molar refractivity (Wildman–Crippen MR) is 192 cm³/mol. The van der Waals surface area contributed by atoms with Crippen molar-refractivity contribution in [2.24, 2.45) is 5.73 Å². The molecule has 0 bridgehead atoms. The molecule has 7 aromatic rings. The van der Waals surface area contributed by atoms with Crippen molar-refractivity contribution in [2.45, 2.75) is 20.8 Å². The first-order valence-electron chi connectivity index (χ1n) is 15.2. The van der Waals surface area contributed by atoms with Crippen molar-refractivity contribution in [1.82, 2.24) is 0 Å². The van der Waals surface area contributed by atoms with Crippen LogP contribution in [0.4, 0.5) is 0 Å². The van der Waals surface area contributed by atoms with E-state index in [-0.39, 0.29) is 0 Å². The molecule has 44 heavy (non-hydrogen) atoms. The number of aryl methyl sites for hydroxylation is 2. The number of allylic oxidation sites excluding steroid dienone is 3. The topological polar surface area (TPSA) is 26.0 Å². The molecule has 0 fully saturated rings. The molecule has 0 spiro atoms. The van der Waals surface area contributed by atoms with Crippen LogP contribution in [0.3, 0.4) is 0 Å². The van der Waals surface area contributed by atoms with E-state index in [9.17, 15) is 0 Å². The fourth-order valence-electron chi connectivity index (χ4n) is 6.95. The minimum absolute atomic E-state index is 0.762. The summed E-state index contributed by atoms with van der Waals surface area (Å²) >= 11 is 0. The summed E-state index contributed by atoms with van der Waals surface area (Å²) < 4.78 is 0. The molecule has 0 aliphatic rings. The van der Waals surface area contributed by atoms with E-state index >= 15 is 0 Å². The molecule has 0 amide bonds. The Bertz CT molecular complexity index is 2220. The number of rotatable bonds is 5. The lowest BCUT2D eigenvalue weighted by atomic mass is 9.83. The first-order chi connectivity index (χ1) is 21.5. The van der Waals surface area contributed by atoms with Crippen molar-refractivity contribution >= 4 is 37.9 Å². The summed E-state index contributed by atoms with van der Waals surface area (Å²) in [5.41, 5.74) is 19.1. The molecule has 7 rings (SSSR count). The van der Waals surface area contributed by atoms with E-state index in [1.165, 1.54) is 71.3 Å². The number of hydrogen-bond donors (Lipinski definition) is 1. The standard InChI is InChI=1S/C43H35N/c1-5-32(29(4)44)30-13-12-14-31(26-30)42-37-17-8-10-19-39(37)43(40-20-11-9-18-38(40)42)41-24-23-36(34-15-6-7-16-35(34)41)33-22-21-27(2)25-28(33)3/h5-26H,1,44H2,2-4H3/b32-29+. The molecule has 1 nitrogen and oxygen atoms in total. The maximum atomic E-state index is 6.25. The Morgan fingerprint density at radius 1 is 0.545 bits per heavy atom. The van der Waals surface area contributed by atoms with Gasteiger partial charge in [-0.3, -0.25) is 0 Å². The van der Waals surface area contributed by atoms with Gasteiger partial charge in [0.15, 0.2) is 0 Å². The fourth-order valence-corrected chi connectivity index (χ4v) is 6.95. The number of nitrogens with two attached hydrogens (primary N) is 1. The van der Waals surface area contributed by atoms with E-state index in [1.807, 2.05) is 13.0 Å². The zero-order chi connectivity index (χ0) is 30.4. The van der Waals surface area contributed by atoms with Gasteiger partial charge in [0.1, 0.15) is 0 Å². The second-order valence-electron chi connectivity index (χ2n) is 11.7. The molecule has 1 heteroatoms. The summed E-state index contributed by atoms with van der Waals surface area (Å²) in [7, 11) is 0. The highest BCUT2D eigenvalue weighted by Gasteiger charge is 2.19. The van der Waals surface area contributed by atoms with Gasteiger partial charge < -0.3 is 5.73 Å². The maximum Gasteiger partial charge on any atom is 0.0128 e. The van der Waals surface area contributed by atoms with Gasteiger partial charge in [-0.2, -0.15) is 0 Å². The number of fused-ring (bicyclic) bond motifs is 3. The largest absolute Gasteiger partial charge is 0.402 e. The second-order valence-corrected chi connectivity index (χ2v) is 11.7. The lowest BCUT2D eigenvalue weighted by Gasteiger charge is -2.20. The van der Waals surface area contributed by atoms with Gasteiger partial charge in [-0.1, -0.05) is 140 Å². The first-order valence-corrected chi connectivity index (χ1v) is 15.2. The highest BCUT2D eigenvalue weighted by Crippen LogP contribution is 2.46. The summed E-state index contributed by atoms with van der Waals surface area (Å²) in [6.45, 7) is 10.3. The molecule has 0 heterocycles. The smallest absolute Gasteiger partial charge is 0.0128 e. The van der Waals surface area contributed by atoms with E-state index in [1.54, 1.807) is 0 Å². The van der Waals surface area contributed by atoms with E-state index in [4.69, 9.17) is 5.73 Å². The minimum Gasteiger partial charge on any atom is -0.402 e. The normalized spacial score (nSPS) is 12.1. The van der Waals surface area contributed by atoms with Crippen molar-refractivity contribution in [3.05, 3.63) is 162 Å². The summed E-state index contributed by atoms with van der Waals surface area (Å²) in [5.74, 6) is 0. The number of benzene rings is 7. The molecule has 0 aliphatic carbocycles. The van der Waals surface area contributed by atoms with E-state index in [0.717, 1.165) is 22.4 Å². The van der Waals surface area contributed by atoms with E-state index < -0.39 is 0 Å². The Kier molecular flexibility index (Phi) is 6.87. The Morgan fingerprint density at radius 3 is 1.64 bits per heavy atom. The Hall–Kier alpha value is -5.40. The van der Waals surface area contributed by atoms with Crippen molar-refractivity contribution in [2.75, 3.05) is 0 Å². The summed E-state index contributed by atoms with van der Waals surface area (Å²) in [5, 5.41) is 7.47. The predicted octanol–water partition coefficient (Wildman–Crippen LogP) is 11.6. The molecule has 0 aromatic heterocycles. The minimum atomic E-state index is 0.762. The average molecular weight is 566 g/mol. The molecule has 7 aromatic carbocycles. The first kappa shape index (κ1) is 27.4. The third-order valence-corrected chi connectivity index (χ3v) is 8.89. The molecule has 2 N–H and O–H groups in total. The van der Waals surface area contributed by atoms with Crippen molar-refractivity contribution in [3.63, 3.8) is 0 Å². The molecule has 0 radical (unpaired) electrons. The van der Waals surface area contributed by atoms with Crippen LogP contribution in [0.5, 0.6) is 0 Å². The maximum absolute atomic E-state index is 6.25. The van der Waals surface area contributed by atoms with Gasteiger partial charge in [0.25, 0.3) is 0 Å². The molecule has 212 valence electrons. The SMILES string of the molecule is C=C/C(=C(/C)N)c1cccc(-c2c3ccccc3c(-c3ccc(-c4ccc(C)cc4C)c4ccccc34)c3ccccc23)c1. The quantitative estimate of drug-likeness (QED) is 0.163. The van der Waals surface area contributed by atoms with Crippen LogP contribution < -0.4 is 5.73 Å². The second kappa shape index (κ2) is 11.0. The molecule has 0 unspecified atom stereocenters. The highest BCUT2D eigenvalue weighted by molar-refractivity contribution is 6.24. The van der Waals surface area contributed by atoms with Gasteiger partial charge in [-0.05, 0) is 109 Å². The zero-order valence-corrected chi connectivity index (χ0v) is 25.5. The van der Waals surface area contributed by atoms with Gasteiger partial charge >= 0.3 is 0 Å². The van der Waals surface area contributed by atoms with Crippen molar-refractivity contribution in [1.29, 1.82) is 0 Å². The zero-order valence-electron chi connectivity index (χ0n) is 25.5. The number of hydrogen-bond acceptors (Lipinski definition) is 1. The summed E-state index contributed by atoms with van der Waals surface area (Å²) in [6, 6.07) is 46.6. The fraction of sp³-hybridized carbons (Fsp3) is 0.0698. The van der Waals surface area contributed by atoms with Crippen LogP contribution in [0.2, 0.25) is 0 Å². The molecule has 0 aliphatic heterocycles. The molecule has 0 atom stereocenters. The van der Waals surface area contributed by atoms with Gasteiger partial charge in [-0.25, -0.2) is 0 Å². The van der Waals surface area contributed by atoms with Crippen molar-refractivity contribution < 1.29 is 0 Å². The summed E-state index contributed by atoms with van der Waals surface area (Å²) in [4.78, 5) is 0. The lowest BCUT2D eigenvalue weighted by Crippen LogP contribution is -1.97. The third-order valence-electron chi connectivity index (χ3n) is 8.89. The van der Waals surface area contributed by atoms with Crippen molar-refractivity contribution in [3.8, 4) is 33.4 Å². The molecule has 0 saturated carbocycles. The Morgan fingerprint density at radius 2 is 1.07 bits per heavy atom. The Labute approximate surface area is 259 Å². The van der Waals surface area contributed by atoms with Gasteiger partial charge in [0, 0.05) is 5.70 Å². The van der Waals surface area contributed by atoms with Crippen LogP contribution in [0.1, 0.15) is 23.6 Å². The Balaban J connectivity index is 1.56. The van der Waals surface area contributed by atoms with E-state index in [2.05, 4.69) is 148 Å². The van der Waals surface area contributed by atoms with E-state index in [0.29, 0.717) is 0 Å². The van der Waals surface area contributed by atoms with Crippen LogP contribution >= 0.6 is 0 Å². The molecular formula is C43H35N. The van der Waals surface area contributed by atoms with Gasteiger partial charge in [0.2, 0.25) is 0 Å². The molecule has 0 saturated heterocycles. The van der Waals surface area contributed by atoms with Gasteiger partial charge in [0.05, 0.1) is 0 Å². The third kappa shape index (κ3) is 4.49. The monoisotopic (exact) mass is 565 g/mol. The van der Waals surface area contributed by atoms with Crippen LogP contribution in [0.15, 0.2) is 146 Å². The van der Waals surface area contributed by atoms with Crippen LogP contribution in [-0.2, 0) is 0 Å². The highest BCUT2D eigenvalue weighted by atomic mass is 14.6. The lowest BCUT2D eigenvalue weighted by molar-refractivity contribution is 1.32. The average Bonchev–Trinajstić information content (AvgIpc) is 3.04. The van der Waals surface area contributed by atoms with Crippen LogP contribution in [0, 0.1) is 13.8 Å². The van der Waals surface area contributed by atoms with Crippen LogP contribution in [-0.4, -0.2) is 0 Å².